The van der Waals surface area contributed by atoms with E-state index in [1.165, 1.54) is 77.6 Å². The van der Waals surface area contributed by atoms with Crippen molar-refractivity contribution in [3.63, 3.8) is 0 Å². The van der Waals surface area contributed by atoms with E-state index in [1.807, 2.05) is 0 Å². The van der Waals surface area contributed by atoms with E-state index < -0.39 is 38.6 Å². The first kappa shape index (κ1) is 32.5. The van der Waals surface area contributed by atoms with Crippen LogP contribution in [0.3, 0.4) is 0 Å². The molecule has 0 fully saturated rings. The largest absolute Gasteiger partial charge is 0.480 e. The van der Waals surface area contributed by atoms with Crippen molar-refractivity contribution in [3.05, 3.63) is 0 Å². The number of carbonyl (C=O) groups is 1. The molecule has 0 aromatic carbocycles. The summed E-state index contributed by atoms with van der Waals surface area (Å²) >= 11 is 0. The van der Waals surface area contributed by atoms with Crippen LogP contribution in [0, 0.1) is 0 Å². The van der Waals surface area contributed by atoms with Gasteiger partial charge in [-0.1, -0.05) is 90.4 Å². The predicted octanol–water partition coefficient (Wildman–Crippen LogP) is 4.78. The fraction of sp³-hybridized carbons (Fsp3) is 0.957. The molecule has 0 aromatic rings. The molecule has 0 heterocycles. The van der Waals surface area contributed by atoms with Gasteiger partial charge in [-0.2, -0.15) is 0 Å². The molecule has 33 heavy (non-hydrogen) atoms. The summed E-state index contributed by atoms with van der Waals surface area (Å²) < 4.78 is 27.0. The van der Waals surface area contributed by atoms with Gasteiger partial charge in [0.05, 0.1) is 19.3 Å². The molecule has 0 radical (unpaired) electrons. The Morgan fingerprint density at radius 3 is 1.76 bits per heavy atom. The number of hydrogen-bond donors (Lipinski definition) is 4. The number of aliphatic hydroxyl groups is 1. The zero-order chi connectivity index (χ0) is 25.0. The van der Waals surface area contributed by atoms with Crippen LogP contribution in [-0.4, -0.2) is 59.1 Å². The number of unbranched alkanes of at least 4 members (excludes halogenated alkanes) is 13. The van der Waals surface area contributed by atoms with E-state index in [9.17, 15) is 19.4 Å². The van der Waals surface area contributed by atoms with Crippen LogP contribution < -0.4 is 5.73 Å². The molecule has 0 aliphatic carbocycles. The molecule has 198 valence electrons. The van der Waals surface area contributed by atoms with Gasteiger partial charge in [0, 0.05) is 6.61 Å². The van der Waals surface area contributed by atoms with E-state index >= 15 is 0 Å². The van der Waals surface area contributed by atoms with Crippen LogP contribution in [-0.2, 0) is 23.1 Å². The minimum Gasteiger partial charge on any atom is -0.480 e. The molecule has 0 saturated carbocycles. The molecule has 5 N–H and O–H groups in total. The van der Waals surface area contributed by atoms with Crippen molar-refractivity contribution in [3.8, 4) is 0 Å². The third-order valence-corrected chi connectivity index (χ3v) is 6.69. The van der Waals surface area contributed by atoms with Crippen molar-refractivity contribution < 1.29 is 38.3 Å². The van der Waals surface area contributed by atoms with Gasteiger partial charge in [-0.25, -0.2) is 4.57 Å². The lowest BCUT2D eigenvalue weighted by Gasteiger charge is -2.23. The summed E-state index contributed by atoms with van der Waals surface area (Å²) in [4.78, 5) is 20.6. The maximum absolute atomic E-state index is 12.0. The molecule has 1 unspecified atom stereocenters. The topological polar surface area (TPSA) is 149 Å². The SMILES string of the molecule is CCCCCCCCCCCCCCCCOC[C@H](CO)OP(=O)(O)O[C@H](C)[C@H](N)C(=O)O. The van der Waals surface area contributed by atoms with Crippen molar-refractivity contribution in [2.45, 2.75) is 122 Å². The van der Waals surface area contributed by atoms with Gasteiger partial charge in [0.25, 0.3) is 0 Å². The van der Waals surface area contributed by atoms with E-state index in [1.54, 1.807) is 0 Å². The van der Waals surface area contributed by atoms with Gasteiger partial charge in [0.1, 0.15) is 12.1 Å². The second-order valence-electron chi connectivity index (χ2n) is 8.72. The highest BCUT2D eigenvalue weighted by Crippen LogP contribution is 2.46. The summed E-state index contributed by atoms with van der Waals surface area (Å²) in [5, 5.41) is 18.1. The van der Waals surface area contributed by atoms with Crippen LogP contribution in [0.25, 0.3) is 0 Å². The number of ether oxygens (including phenoxy) is 1. The molecular weight excluding hydrogens is 449 g/mol. The standard InChI is InChI=1S/C23H48NO8P/c1-3-4-5-6-7-8-9-10-11-12-13-14-15-16-17-30-19-21(18-25)32-33(28,29)31-20(2)22(24)23(26)27/h20-22,25H,3-19,24H2,1-2H3,(H,26,27)(H,28,29)/t20-,21+,22+/m1/s1. The summed E-state index contributed by atoms with van der Waals surface area (Å²) in [6.07, 6.45) is 15.4. The van der Waals surface area contributed by atoms with E-state index in [0.717, 1.165) is 19.3 Å². The van der Waals surface area contributed by atoms with E-state index in [0.29, 0.717) is 6.61 Å². The number of aliphatic hydroxyl groups excluding tert-OH is 1. The van der Waals surface area contributed by atoms with Crippen LogP contribution in [0.5, 0.6) is 0 Å². The number of phosphoric acid groups is 1. The number of carboxylic acids is 1. The zero-order valence-corrected chi connectivity index (χ0v) is 21.6. The fourth-order valence-electron chi connectivity index (χ4n) is 3.42. The maximum Gasteiger partial charge on any atom is 0.472 e. The minimum atomic E-state index is -4.59. The van der Waals surface area contributed by atoms with Crippen LogP contribution in [0.2, 0.25) is 0 Å². The first-order valence-electron chi connectivity index (χ1n) is 12.6. The Balaban J connectivity index is 3.68. The highest BCUT2D eigenvalue weighted by atomic mass is 31.2. The van der Waals surface area contributed by atoms with Crippen molar-refractivity contribution in [1.29, 1.82) is 0 Å². The molecule has 0 rings (SSSR count). The highest BCUT2D eigenvalue weighted by Gasteiger charge is 2.33. The molecule has 9 nitrogen and oxygen atoms in total. The van der Waals surface area contributed by atoms with Crippen molar-refractivity contribution >= 4 is 13.8 Å². The van der Waals surface area contributed by atoms with Gasteiger partial charge >= 0.3 is 13.8 Å². The van der Waals surface area contributed by atoms with E-state index in [4.69, 9.17) is 24.6 Å². The third kappa shape index (κ3) is 19.5. The first-order valence-corrected chi connectivity index (χ1v) is 14.1. The number of hydrogen-bond acceptors (Lipinski definition) is 7. The molecule has 0 saturated heterocycles. The maximum atomic E-state index is 12.0. The lowest BCUT2D eigenvalue weighted by Crippen LogP contribution is -2.41. The summed E-state index contributed by atoms with van der Waals surface area (Å²) in [6, 6.07) is -1.47. The van der Waals surface area contributed by atoms with Crippen molar-refractivity contribution in [2.75, 3.05) is 19.8 Å². The Morgan fingerprint density at radius 1 is 0.879 bits per heavy atom. The summed E-state index contributed by atoms with van der Waals surface area (Å²) in [5.74, 6) is -1.36. The lowest BCUT2D eigenvalue weighted by molar-refractivity contribution is -0.140. The van der Waals surface area contributed by atoms with Gasteiger partial charge in [0.15, 0.2) is 0 Å². The Kier molecular flexibility index (Phi) is 20.5. The quantitative estimate of drug-likeness (QED) is 0.109. The average molecular weight is 498 g/mol. The Morgan fingerprint density at radius 2 is 1.33 bits per heavy atom. The van der Waals surface area contributed by atoms with Crippen LogP contribution in [0.15, 0.2) is 0 Å². The third-order valence-electron chi connectivity index (χ3n) is 5.52. The molecule has 0 aromatic heterocycles. The first-order chi connectivity index (χ1) is 15.7. The van der Waals surface area contributed by atoms with Crippen molar-refractivity contribution in [1.82, 2.24) is 0 Å². The molecule has 0 bridgehead atoms. The molecular formula is C23H48NO8P. The number of rotatable bonds is 24. The smallest absolute Gasteiger partial charge is 0.472 e. The Labute approximate surface area is 200 Å². The van der Waals surface area contributed by atoms with Gasteiger partial charge < -0.3 is 25.6 Å². The summed E-state index contributed by atoms with van der Waals surface area (Å²) in [6.45, 7) is 3.37. The van der Waals surface area contributed by atoms with E-state index in [2.05, 4.69) is 6.92 Å². The number of nitrogens with two attached hydrogens (primary N) is 1. The number of phosphoric ester groups is 1. The molecule has 4 atom stereocenters. The fourth-order valence-corrected chi connectivity index (χ4v) is 4.52. The van der Waals surface area contributed by atoms with Crippen molar-refractivity contribution in [2.24, 2.45) is 5.73 Å². The molecule has 0 aliphatic heterocycles. The highest BCUT2D eigenvalue weighted by molar-refractivity contribution is 7.47. The van der Waals surface area contributed by atoms with Crippen LogP contribution >= 0.6 is 7.82 Å². The lowest BCUT2D eigenvalue weighted by atomic mass is 10.0. The normalized spacial score (nSPS) is 16.3. The number of carboxylic acid groups (broad SMARTS) is 1. The second kappa shape index (κ2) is 20.8. The minimum absolute atomic E-state index is 0.0672. The molecule has 0 aliphatic rings. The summed E-state index contributed by atoms with van der Waals surface area (Å²) in [5.41, 5.74) is 5.35. The van der Waals surface area contributed by atoms with E-state index in [-0.39, 0.29) is 6.61 Å². The summed E-state index contributed by atoms with van der Waals surface area (Å²) in [7, 11) is -4.59. The molecule has 10 heteroatoms. The molecule has 0 spiro atoms. The van der Waals surface area contributed by atoms with Gasteiger partial charge in [0.2, 0.25) is 0 Å². The van der Waals surface area contributed by atoms with Gasteiger partial charge in [-0.15, -0.1) is 0 Å². The zero-order valence-electron chi connectivity index (χ0n) is 20.7. The Bertz CT molecular complexity index is 523. The monoisotopic (exact) mass is 497 g/mol. The Hall–Kier alpha value is -0.540. The van der Waals surface area contributed by atoms with Gasteiger partial charge in [-0.3, -0.25) is 13.8 Å². The second-order valence-corrected chi connectivity index (χ2v) is 10.1. The van der Waals surface area contributed by atoms with Gasteiger partial charge in [-0.05, 0) is 13.3 Å². The van der Waals surface area contributed by atoms with Crippen LogP contribution in [0.4, 0.5) is 0 Å². The molecule has 0 amide bonds. The van der Waals surface area contributed by atoms with Crippen LogP contribution in [0.1, 0.15) is 104 Å². The number of aliphatic carboxylic acids is 1. The predicted molar refractivity (Wildman–Crippen MR) is 129 cm³/mol. The average Bonchev–Trinajstić information content (AvgIpc) is 2.76.